The maximum absolute atomic E-state index is 12.4. The quantitative estimate of drug-likeness (QED) is 0.931. The van der Waals surface area contributed by atoms with Gasteiger partial charge in [-0.15, -0.1) is 0 Å². The molecule has 3 rings (SSSR count). The maximum Gasteiger partial charge on any atom is 0.272 e. The molecule has 1 N–H and O–H groups in total. The van der Waals surface area contributed by atoms with Crippen LogP contribution in [0.3, 0.4) is 0 Å². The lowest BCUT2D eigenvalue weighted by atomic mass is 10.1. The molecule has 7 nitrogen and oxygen atoms in total. The molecular weight excluding hydrogens is 270 g/mol. The van der Waals surface area contributed by atoms with Crippen LogP contribution in [0.15, 0.2) is 23.0 Å². The molecule has 2 aromatic rings. The van der Waals surface area contributed by atoms with Crippen LogP contribution in [0, 0.1) is 6.92 Å². The van der Waals surface area contributed by atoms with Gasteiger partial charge in [-0.2, -0.15) is 0 Å². The van der Waals surface area contributed by atoms with Crippen molar-refractivity contribution >= 4 is 17.5 Å². The smallest absolute Gasteiger partial charge is 0.272 e. The molecule has 1 saturated heterocycles. The van der Waals surface area contributed by atoms with Crippen LogP contribution < -0.4 is 5.32 Å². The second kappa shape index (κ2) is 5.90. The molecule has 0 spiro atoms. The Hall–Kier alpha value is -2.44. The predicted octanol–water partition coefficient (Wildman–Crippen LogP) is 2.14. The summed E-state index contributed by atoms with van der Waals surface area (Å²) in [5, 5.41) is 6.83. The first-order valence-corrected chi connectivity index (χ1v) is 7.04. The molecule has 0 bridgehead atoms. The SMILES string of the molecule is Cc1cc(Nc2cc(C(=O)N3CCCCC3)ncn2)no1. The van der Waals surface area contributed by atoms with Crippen LogP contribution >= 0.6 is 0 Å². The van der Waals surface area contributed by atoms with E-state index < -0.39 is 0 Å². The number of anilines is 2. The fourth-order valence-electron chi connectivity index (χ4n) is 2.36. The molecule has 7 heteroatoms. The van der Waals surface area contributed by atoms with E-state index in [2.05, 4.69) is 20.4 Å². The second-order valence-corrected chi connectivity index (χ2v) is 5.09. The molecule has 21 heavy (non-hydrogen) atoms. The molecule has 2 aromatic heterocycles. The number of carbonyl (C=O) groups excluding carboxylic acids is 1. The lowest BCUT2D eigenvalue weighted by molar-refractivity contribution is 0.0718. The van der Waals surface area contributed by atoms with Gasteiger partial charge in [0.25, 0.3) is 5.91 Å². The van der Waals surface area contributed by atoms with Crippen LogP contribution in [-0.4, -0.2) is 39.0 Å². The predicted molar refractivity (Wildman–Crippen MR) is 76.3 cm³/mol. The Kier molecular flexibility index (Phi) is 3.81. The van der Waals surface area contributed by atoms with E-state index in [4.69, 9.17) is 4.52 Å². The van der Waals surface area contributed by atoms with E-state index in [0.29, 0.717) is 23.1 Å². The number of hydrogen-bond donors (Lipinski definition) is 1. The minimum atomic E-state index is -0.0449. The van der Waals surface area contributed by atoms with Gasteiger partial charge in [0.15, 0.2) is 5.82 Å². The molecular formula is C14H17N5O2. The summed E-state index contributed by atoms with van der Waals surface area (Å²) in [5.41, 5.74) is 0.398. The van der Waals surface area contributed by atoms with E-state index in [1.165, 1.54) is 12.7 Å². The lowest BCUT2D eigenvalue weighted by Crippen LogP contribution is -2.36. The number of likely N-dealkylation sites (tertiary alicyclic amines) is 1. The highest BCUT2D eigenvalue weighted by molar-refractivity contribution is 5.93. The van der Waals surface area contributed by atoms with Gasteiger partial charge in [0.2, 0.25) is 0 Å². The molecule has 0 aromatic carbocycles. The van der Waals surface area contributed by atoms with E-state index in [1.807, 2.05) is 11.8 Å². The highest BCUT2D eigenvalue weighted by Crippen LogP contribution is 2.16. The molecule has 1 amide bonds. The topological polar surface area (TPSA) is 84.2 Å². The minimum absolute atomic E-state index is 0.0449. The third-order valence-corrected chi connectivity index (χ3v) is 3.41. The standard InChI is InChI=1S/C14H17N5O2/c1-10-7-13(18-21-10)17-12-8-11(15-9-16-12)14(20)19-5-3-2-4-6-19/h7-9H,2-6H2,1H3,(H,15,16,17,18). The molecule has 0 aliphatic carbocycles. The Morgan fingerprint density at radius 2 is 2.00 bits per heavy atom. The van der Waals surface area contributed by atoms with Gasteiger partial charge in [0, 0.05) is 25.2 Å². The molecule has 3 heterocycles. The Morgan fingerprint density at radius 3 is 2.71 bits per heavy atom. The van der Waals surface area contributed by atoms with Crippen LogP contribution in [0.2, 0.25) is 0 Å². The zero-order valence-electron chi connectivity index (χ0n) is 11.9. The number of rotatable bonds is 3. The monoisotopic (exact) mass is 287 g/mol. The van der Waals surface area contributed by atoms with E-state index in [0.717, 1.165) is 25.9 Å². The van der Waals surface area contributed by atoms with Gasteiger partial charge < -0.3 is 14.7 Å². The van der Waals surface area contributed by atoms with Crippen LogP contribution in [0.5, 0.6) is 0 Å². The Bertz CT molecular complexity index is 634. The maximum atomic E-state index is 12.4. The zero-order chi connectivity index (χ0) is 14.7. The summed E-state index contributed by atoms with van der Waals surface area (Å²) in [5.74, 6) is 1.74. The van der Waals surface area contributed by atoms with Crippen LogP contribution in [0.25, 0.3) is 0 Å². The Labute approximate surface area is 122 Å². The zero-order valence-corrected chi connectivity index (χ0v) is 11.9. The van der Waals surface area contributed by atoms with Crippen molar-refractivity contribution < 1.29 is 9.32 Å². The number of aromatic nitrogens is 3. The van der Waals surface area contributed by atoms with Gasteiger partial charge in [-0.05, 0) is 26.2 Å². The average molecular weight is 287 g/mol. The number of amides is 1. The molecule has 1 fully saturated rings. The van der Waals surface area contributed by atoms with Crippen molar-refractivity contribution in [2.24, 2.45) is 0 Å². The van der Waals surface area contributed by atoms with Gasteiger partial charge in [-0.3, -0.25) is 4.79 Å². The number of carbonyl (C=O) groups is 1. The highest BCUT2D eigenvalue weighted by Gasteiger charge is 2.19. The summed E-state index contributed by atoms with van der Waals surface area (Å²) in [4.78, 5) is 22.4. The minimum Gasteiger partial charge on any atom is -0.360 e. The van der Waals surface area contributed by atoms with Gasteiger partial charge in [0.1, 0.15) is 23.6 Å². The largest absolute Gasteiger partial charge is 0.360 e. The summed E-state index contributed by atoms with van der Waals surface area (Å²) < 4.78 is 4.98. The molecule has 0 atom stereocenters. The second-order valence-electron chi connectivity index (χ2n) is 5.09. The molecule has 0 unspecified atom stereocenters. The van der Waals surface area contributed by atoms with Crippen LogP contribution in [0.1, 0.15) is 35.5 Å². The summed E-state index contributed by atoms with van der Waals surface area (Å²) in [7, 11) is 0. The third kappa shape index (κ3) is 3.18. The number of piperidine rings is 1. The summed E-state index contributed by atoms with van der Waals surface area (Å²) in [6, 6.07) is 3.40. The number of nitrogens with zero attached hydrogens (tertiary/aromatic N) is 4. The lowest BCUT2D eigenvalue weighted by Gasteiger charge is -2.26. The molecule has 110 valence electrons. The first-order chi connectivity index (χ1) is 10.2. The fourth-order valence-corrected chi connectivity index (χ4v) is 2.36. The van der Waals surface area contributed by atoms with Crippen molar-refractivity contribution in [3.8, 4) is 0 Å². The van der Waals surface area contributed by atoms with Gasteiger partial charge in [-0.1, -0.05) is 5.16 Å². The van der Waals surface area contributed by atoms with Crippen molar-refractivity contribution in [3.05, 3.63) is 29.9 Å². The molecule has 1 aliphatic rings. The number of nitrogens with one attached hydrogen (secondary N) is 1. The number of aryl methyl sites for hydroxylation is 1. The third-order valence-electron chi connectivity index (χ3n) is 3.41. The highest BCUT2D eigenvalue weighted by atomic mass is 16.5. The number of hydrogen-bond acceptors (Lipinski definition) is 6. The Morgan fingerprint density at radius 1 is 1.19 bits per heavy atom. The van der Waals surface area contributed by atoms with E-state index >= 15 is 0 Å². The van der Waals surface area contributed by atoms with Gasteiger partial charge in [-0.25, -0.2) is 9.97 Å². The first-order valence-electron chi connectivity index (χ1n) is 7.04. The van der Waals surface area contributed by atoms with E-state index in [1.54, 1.807) is 12.1 Å². The van der Waals surface area contributed by atoms with Gasteiger partial charge in [0.05, 0.1) is 0 Å². The van der Waals surface area contributed by atoms with Crippen molar-refractivity contribution in [3.63, 3.8) is 0 Å². The van der Waals surface area contributed by atoms with E-state index in [-0.39, 0.29) is 5.91 Å². The Balaban J connectivity index is 1.74. The molecule has 0 saturated carbocycles. The fraction of sp³-hybridized carbons (Fsp3) is 0.429. The molecule has 1 aliphatic heterocycles. The van der Waals surface area contributed by atoms with Crippen molar-refractivity contribution in [2.75, 3.05) is 18.4 Å². The van der Waals surface area contributed by atoms with E-state index in [9.17, 15) is 4.79 Å². The van der Waals surface area contributed by atoms with Crippen molar-refractivity contribution in [1.82, 2.24) is 20.0 Å². The normalized spacial score (nSPS) is 15.0. The van der Waals surface area contributed by atoms with Crippen molar-refractivity contribution in [1.29, 1.82) is 0 Å². The van der Waals surface area contributed by atoms with Crippen molar-refractivity contribution in [2.45, 2.75) is 26.2 Å². The summed E-state index contributed by atoms with van der Waals surface area (Å²) in [6.07, 6.45) is 4.68. The average Bonchev–Trinajstić information content (AvgIpc) is 2.93. The van der Waals surface area contributed by atoms with Crippen LogP contribution in [0.4, 0.5) is 11.6 Å². The summed E-state index contributed by atoms with van der Waals surface area (Å²) in [6.45, 7) is 3.41. The first kappa shape index (κ1) is 13.5. The van der Waals surface area contributed by atoms with Crippen LogP contribution in [-0.2, 0) is 0 Å². The van der Waals surface area contributed by atoms with Gasteiger partial charge >= 0.3 is 0 Å². The summed E-state index contributed by atoms with van der Waals surface area (Å²) >= 11 is 0. The molecule has 0 radical (unpaired) electrons.